The number of aryl methyl sites for hydroxylation is 1. The Morgan fingerprint density at radius 1 is 0.938 bits per heavy atom. The van der Waals surface area contributed by atoms with Crippen molar-refractivity contribution in [2.24, 2.45) is 11.8 Å². The van der Waals surface area contributed by atoms with Gasteiger partial charge in [0.2, 0.25) is 11.8 Å². The van der Waals surface area contributed by atoms with Gasteiger partial charge in [0.1, 0.15) is 10.6 Å². The van der Waals surface area contributed by atoms with E-state index in [4.69, 9.17) is 11.6 Å². The van der Waals surface area contributed by atoms with Gasteiger partial charge in [-0.15, -0.1) is 11.6 Å². The van der Waals surface area contributed by atoms with Crippen LogP contribution < -0.4 is 4.90 Å². The van der Waals surface area contributed by atoms with Crippen molar-refractivity contribution in [2.45, 2.75) is 17.7 Å². The molecule has 3 aromatic rings. The van der Waals surface area contributed by atoms with Gasteiger partial charge in [-0.3, -0.25) is 19.7 Å². The number of halogens is 1. The molecule has 0 unspecified atom stereocenters. The first-order valence-electron chi connectivity index (χ1n) is 10.4. The molecule has 7 rings (SSSR count). The number of nitro groups is 1. The Morgan fingerprint density at radius 3 is 2.12 bits per heavy atom. The highest BCUT2D eigenvalue weighted by Gasteiger charge is 2.68. The Bertz CT molecular complexity index is 1320. The van der Waals surface area contributed by atoms with Crippen LogP contribution in [0.4, 0.5) is 11.4 Å². The van der Waals surface area contributed by atoms with Crippen molar-refractivity contribution in [1.29, 1.82) is 0 Å². The van der Waals surface area contributed by atoms with Crippen molar-refractivity contribution < 1.29 is 14.5 Å². The third kappa shape index (κ3) is 2.15. The number of nitro benzene ring substituents is 1. The van der Waals surface area contributed by atoms with Gasteiger partial charge < -0.3 is 0 Å². The number of nitrogens with zero attached hydrogens (tertiary/aromatic N) is 2. The van der Waals surface area contributed by atoms with Gasteiger partial charge in [-0.2, -0.15) is 0 Å². The SMILES string of the molecule is Cc1ccc(N2C(=O)[C@@H]3C4c5ccccc5C(Cl)(c5ccccc54)[C@@H]3C2=O)c([N+](=O)[O-])c1. The Labute approximate surface area is 188 Å². The normalized spacial score (nSPS) is 27.2. The van der Waals surface area contributed by atoms with Crippen molar-refractivity contribution in [2.75, 3.05) is 4.90 Å². The zero-order valence-electron chi connectivity index (χ0n) is 17.0. The lowest BCUT2D eigenvalue weighted by Gasteiger charge is -2.50. The van der Waals surface area contributed by atoms with Gasteiger partial charge in [0.15, 0.2) is 0 Å². The molecule has 32 heavy (non-hydrogen) atoms. The van der Waals surface area contributed by atoms with Crippen LogP contribution in [0.3, 0.4) is 0 Å². The molecule has 1 saturated heterocycles. The first-order chi connectivity index (χ1) is 15.4. The number of hydrogen-bond donors (Lipinski definition) is 0. The zero-order valence-corrected chi connectivity index (χ0v) is 17.7. The van der Waals surface area contributed by atoms with E-state index in [1.54, 1.807) is 13.0 Å². The van der Waals surface area contributed by atoms with Crippen LogP contribution in [0.1, 0.15) is 33.7 Å². The van der Waals surface area contributed by atoms with E-state index < -0.39 is 33.4 Å². The first kappa shape index (κ1) is 19.2. The van der Waals surface area contributed by atoms with Gasteiger partial charge in [-0.1, -0.05) is 54.6 Å². The molecule has 2 amide bonds. The highest BCUT2D eigenvalue weighted by molar-refractivity contribution is 6.33. The largest absolute Gasteiger partial charge is 0.293 e. The molecule has 0 saturated carbocycles. The summed E-state index contributed by atoms with van der Waals surface area (Å²) in [6.45, 7) is 1.73. The van der Waals surface area contributed by atoms with E-state index in [0.29, 0.717) is 5.56 Å². The van der Waals surface area contributed by atoms with Crippen molar-refractivity contribution in [3.63, 3.8) is 0 Å². The van der Waals surface area contributed by atoms with Crippen LogP contribution in [0, 0.1) is 28.9 Å². The maximum atomic E-state index is 13.8. The third-order valence-corrected chi connectivity index (χ3v) is 7.73. The average Bonchev–Trinajstić information content (AvgIpc) is 3.06. The molecule has 1 fully saturated rings. The number of carbonyl (C=O) groups is 2. The standard InChI is InChI=1S/C25H17ClN2O4/c1-13-10-11-18(19(12-13)28(31)32)27-23(29)21-20-14-6-2-4-8-16(14)25(26,22(21)24(27)30)17-9-5-3-7-15(17)20/h2-12,20-22H,1H3/t20?,21-,22+,25?/m1/s1. The summed E-state index contributed by atoms with van der Waals surface area (Å²) in [5.74, 6) is -2.82. The van der Waals surface area contributed by atoms with Gasteiger partial charge in [-0.05, 0) is 40.8 Å². The van der Waals surface area contributed by atoms with E-state index in [1.807, 2.05) is 48.5 Å². The highest BCUT2D eigenvalue weighted by atomic mass is 35.5. The summed E-state index contributed by atoms with van der Waals surface area (Å²) in [6.07, 6.45) is 0. The molecule has 2 atom stereocenters. The van der Waals surface area contributed by atoms with E-state index in [0.717, 1.165) is 27.2 Å². The van der Waals surface area contributed by atoms with E-state index >= 15 is 0 Å². The Hall–Kier alpha value is -3.51. The molecule has 1 aliphatic heterocycles. The molecule has 1 heterocycles. The number of benzene rings is 3. The van der Waals surface area contributed by atoms with Gasteiger partial charge in [0.05, 0.1) is 16.8 Å². The van der Waals surface area contributed by atoms with Crippen molar-refractivity contribution in [3.05, 3.63) is 105 Å². The zero-order chi connectivity index (χ0) is 22.4. The van der Waals surface area contributed by atoms with Crippen LogP contribution in [0.15, 0.2) is 66.7 Å². The Balaban J connectivity index is 1.61. The van der Waals surface area contributed by atoms with Gasteiger partial charge in [0, 0.05) is 12.0 Å². The Kier molecular flexibility index (Phi) is 3.76. The fourth-order valence-electron chi connectivity index (χ4n) is 5.89. The monoisotopic (exact) mass is 444 g/mol. The lowest BCUT2D eigenvalue weighted by atomic mass is 9.54. The molecule has 6 nitrogen and oxygen atoms in total. The minimum absolute atomic E-state index is 0.00206. The molecule has 3 aromatic carbocycles. The molecular weight excluding hydrogens is 428 g/mol. The van der Waals surface area contributed by atoms with E-state index in [-0.39, 0.29) is 17.3 Å². The molecule has 4 aliphatic rings. The maximum Gasteiger partial charge on any atom is 0.293 e. The highest BCUT2D eigenvalue weighted by Crippen LogP contribution is 2.66. The molecule has 0 N–H and O–H groups in total. The summed E-state index contributed by atoms with van der Waals surface area (Å²) in [6, 6.07) is 19.8. The number of alkyl halides is 1. The number of rotatable bonds is 2. The topological polar surface area (TPSA) is 80.5 Å². The second-order valence-corrected chi connectivity index (χ2v) is 9.22. The van der Waals surface area contributed by atoms with Crippen LogP contribution in [-0.4, -0.2) is 16.7 Å². The predicted molar refractivity (Wildman–Crippen MR) is 119 cm³/mol. The van der Waals surface area contributed by atoms with Crippen molar-refractivity contribution in [1.82, 2.24) is 0 Å². The predicted octanol–water partition coefficient (Wildman–Crippen LogP) is 4.65. The summed E-state index contributed by atoms with van der Waals surface area (Å²) >= 11 is 7.37. The van der Waals surface area contributed by atoms with Crippen LogP contribution >= 0.6 is 11.6 Å². The number of hydrogen-bond acceptors (Lipinski definition) is 4. The van der Waals surface area contributed by atoms with Crippen molar-refractivity contribution >= 4 is 34.8 Å². The van der Waals surface area contributed by atoms with E-state index in [9.17, 15) is 19.7 Å². The summed E-state index contributed by atoms with van der Waals surface area (Å²) in [4.78, 5) is 38.6. The molecule has 0 aromatic heterocycles. The van der Waals surface area contributed by atoms with E-state index in [2.05, 4.69) is 0 Å². The van der Waals surface area contributed by atoms with Crippen LogP contribution in [0.2, 0.25) is 0 Å². The number of amides is 2. The first-order valence-corrected chi connectivity index (χ1v) is 10.7. The molecular formula is C25H17ClN2O4. The van der Waals surface area contributed by atoms with Crippen LogP contribution in [0.5, 0.6) is 0 Å². The second-order valence-electron chi connectivity index (χ2n) is 8.63. The fraction of sp³-hybridized carbons (Fsp3) is 0.200. The van der Waals surface area contributed by atoms with Gasteiger partial charge in [-0.25, -0.2) is 4.90 Å². The lowest BCUT2D eigenvalue weighted by Crippen LogP contribution is -2.50. The number of anilines is 1. The number of imide groups is 1. The molecule has 158 valence electrons. The minimum atomic E-state index is -1.21. The van der Waals surface area contributed by atoms with Gasteiger partial charge >= 0.3 is 0 Å². The smallest absolute Gasteiger partial charge is 0.274 e. The Morgan fingerprint density at radius 2 is 1.53 bits per heavy atom. The molecule has 0 spiro atoms. The molecule has 7 heteroatoms. The second kappa shape index (κ2) is 6.26. The summed E-state index contributed by atoms with van der Waals surface area (Å²) < 4.78 is 0. The van der Waals surface area contributed by atoms with Crippen LogP contribution in [-0.2, 0) is 14.5 Å². The van der Waals surface area contributed by atoms with Crippen LogP contribution in [0.25, 0.3) is 0 Å². The van der Waals surface area contributed by atoms with E-state index in [1.165, 1.54) is 12.1 Å². The van der Waals surface area contributed by atoms with Crippen molar-refractivity contribution in [3.8, 4) is 0 Å². The molecule has 3 aliphatic carbocycles. The fourth-order valence-corrected chi connectivity index (χ4v) is 6.46. The third-order valence-electron chi connectivity index (χ3n) is 7.08. The summed E-state index contributed by atoms with van der Waals surface area (Å²) in [5, 5.41) is 11.7. The summed E-state index contributed by atoms with van der Waals surface area (Å²) in [5.41, 5.74) is 3.92. The number of carbonyl (C=O) groups excluding carboxylic acids is 2. The molecule has 2 bridgehead atoms. The maximum absolute atomic E-state index is 13.8. The average molecular weight is 445 g/mol. The lowest BCUT2D eigenvalue weighted by molar-refractivity contribution is -0.384. The van der Waals surface area contributed by atoms with Gasteiger partial charge in [0.25, 0.3) is 5.69 Å². The minimum Gasteiger partial charge on any atom is -0.274 e. The summed E-state index contributed by atoms with van der Waals surface area (Å²) in [7, 11) is 0. The quantitative estimate of drug-likeness (QED) is 0.249. The molecule has 0 radical (unpaired) electrons.